The second kappa shape index (κ2) is 6.60. The topological polar surface area (TPSA) is 79.3 Å². The molecule has 0 saturated carbocycles. The lowest BCUT2D eigenvalue weighted by Gasteiger charge is -2.17. The fourth-order valence-corrected chi connectivity index (χ4v) is 1.91. The van der Waals surface area contributed by atoms with Gasteiger partial charge in [-0.3, -0.25) is 14.6 Å². The summed E-state index contributed by atoms with van der Waals surface area (Å²) in [5.74, 6) is -2.48. The van der Waals surface area contributed by atoms with Crippen LogP contribution in [-0.2, 0) is 4.79 Å². The number of aliphatic carboxylic acids is 1. The molecule has 1 aromatic heterocycles. The molecule has 1 heterocycles. The molecule has 1 aromatic carbocycles. The first-order chi connectivity index (χ1) is 10.1. The van der Waals surface area contributed by atoms with Gasteiger partial charge in [-0.25, -0.2) is 4.39 Å². The first kappa shape index (κ1) is 14.6. The minimum Gasteiger partial charge on any atom is -0.481 e. The zero-order valence-electron chi connectivity index (χ0n) is 11.0. The molecule has 0 bridgehead atoms. The average molecular weight is 288 g/mol. The SMILES string of the molecule is O=C(O)CC(NC(=O)c1ccncc1F)c1ccccc1. The van der Waals surface area contributed by atoms with Crippen molar-refractivity contribution in [3.8, 4) is 0 Å². The molecule has 108 valence electrons. The van der Waals surface area contributed by atoms with Crippen LogP contribution in [0.25, 0.3) is 0 Å². The molecule has 0 aliphatic rings. The first-order valence-corrected chi connectivity index (χ1v) is 6.25. The minimum atomic E-state index is -1.06. The number of carboxylic acid groups (broad SMARTS) is 1. The van der Waals surface area contributed by atoms with Crippen LogP contribution in [0.1, 0.15) is 28.4 Å². The number of nitrogens with one attached hydrogen (secondary N) is 1. The summed E-state index contributed by atoms with van der Waals surface area (Å²) in [6.07, 6.45) is 1.94. The normalized spacial score (nSPS) is 11.7. The van der Waals surface area contributed by atoms with Crippen molar-refractivity contribution in [2.45, 2.75) is 12.5 Å². The predicted octanol–water partition coefficient (Wildman–Crippen LogP) is 2.17. The van der Waals surface area contributed by atoms with Crippen molar-refractivity contribution < 1.29 is 19.1 Å². The summed E-state index contributed by atoms with van der Waals surface area (Å²) >= 11 is 0. The fraction of sp³-hybridized carbons (Fsp3) is 0.133. The van der Waals surface area contributed by atoms with Crippen LogP contribution in [0.5, 0.6) is 0 Å². The van der Waals surface area contributed by atoms with E-state index in [0.29, 0.717) is 5.56 Å². The highest BCUT2D eigenvalue weighted by Crippen LogP contribution is 2.17. The number of amides is 1. The number of nitrogens with zero attached hydrogens (tertiary/aromatic N) is 1. The van der Waals surface area contributed by atoms with Crippen molar-refractivity contribution in [2.24, 2.45) is 0 Å². The number of halogens is 1. The molecule has 2 aromatic rings. The second-order valence-corrected chi connectivity index (χ2v) is 4.39. The zero-order chi connectivity index (χ0) is 15.2. The quantitative estimate of drug-likeness (QED) is 0.883. The first-order valence-electron chi connectivity index (χ1n) is 6.25. The largest absolute Gasteiger partial charge is 0.481 e. The summed E-state index contributed by atoms with van der Waals surface area (Å²) in [5, 5.41) is 11.5. The molecule has 1 atom stereocenters. The molecule has 21 heavy (non-hydrogen) atoms. The Bertz CT molecular complexity index is 646. The van der Waals surface area contributed by atoms with E-state index in [4.69, 9.17) is 5.11 Å². The van der Waals surface area contributed by atoms with Crippen LogP contribution < -0.4 is 5.32 Å². The van der Waals surface area contributed by atoms with Crippen molar-refractivity contribution in [3.05, 3.63) is 65.7 Å². The van der Waals surface area contributed by atoms with Gasteiger partial charge in [0, 0.05) is 6.20 Å². The van der Waals surface area contributed by atoms with Gasteiger partial charge >= 0.3 is 5.97 Å². The molecule has 0 saturated heterocycles. The summed E-state index contributed by atoms with van der Waals surface area (Å²) in [6, 6.07) is 9.18. The van der Waals surface area contributed by atoms with Gasteiger partial charge in [0.05, 0.1) is 24.2 Å². The molecule has 0 aliphatic heterocycles. The van der Waals surface area contributed by atoms with Crippen LogP contribution in [-0.4, -0.2) is 22.0 Å². The summed E-state index contributed by atoms with van der Waals surface area (Å²) < 4.78 is 13.5. The summed E-state index contributed by atoms with van der Waals surface area (Å²) in [4.78, 5) is 26.6. The second-order valence-electron chi connectivity index (χ2n) is 4.39. The van der Waals surface area contributed by atoms with Crippen LogP contribution in [0.3, 0.4) is 0 Å². The van der Waals surface area contributed by atoms with E-state index >= 15 is 0 Å². The number of carboxylic acids is 1. The fourth-order valence-electron chi connectivity index (χ4n) is 1.91. The molecule has 0 fully saturated rings. The number of carbonyl (C=O) groups excluding carboxylic acids is 1. The van der Waals surface area contributed by atoms with Gasteiger partial charge in [-0.15, -0.1) is 0 Å². The molecule has 2 rings (SSSR count). The van der Waals surface area contributed by atoms with Gasteiger partial charge in [-0.1, -0.05) is 30.3 Å². The summed E-state index contributed by atoms with van der Waals surface area (Å²) in [6.45, 7) is 0. The third kappa shape index (κ3) is 3.85. The van der Waals surface area contributed by atoms with E-state index in [-0.39, 0.29) is 12.0 Å². The summed E-state index contributed by atoms with van der Waals surface area (Å²) in [7, 11) is 0. The number of hydrogen-bond donors (Lipinski definition) is 2. The molecule has 0 spiro atoms. The van der Waals surface area contributed by atoms with E-state index in [0.717, 1.165) is 6.20 Å². The van der Waals surface area contributed by atoms with Gasteiger partial charge < -0.3 is 10.4 Å². The van der Waals surface area contributed by atoms with Crippen molar-refractivity contribution in [3.63, 3.8) is 0 Å². The number of rotatable bonds is 5. The van der Waals surface area contributed by atoms with E-state index in [9.17, 15) is 14.0 Å². The highest BCUT2D eigenvalue weighted by Gasteiger charge is 2.20. The van der Waals surface area contributed by atoms with Crippen LogP contribution in [0, 0.1) is 5.82 Å². The van der Waals surface area contributed by atoms with Crippen molar-refractivity contribution in [1.29, 1.82) is 0 Å². The van der Waals surface area contributed by atoms with Gasteiger partial charge in [-0.2, -0.15) is 0 Å². The molecular weight excluding hydrogens is 275 g/mol. The maximum atomic E-state index is 13.5. The van der Waals surface area contributed by atoms with E-state index in [1.807, 2.05) is 0 Å². The zero-order valence-corrected chi connectivity index (χ0v) is 11.0. The number of aromatic nitrogens is 1. The van der Waals surface area contributed by atoms with Gasteiger partial charge in [0.2, 0.25) is 0 Å². The molecule has 0 radical (unpaired) electrons. The molecule has 1 unspecified atom stereocenters. The smallest absolute Gasteiger partial charge is 0.305 e. The Kier molecular flexibility index (Phi) is 4.61. The van der Waals surface area contributed by atoms with Gasteiger partial charge in [0.1, 0.15) is 0 Å². The maximum absolute atomic E-state index is 13.5. The lowest BCUT2D eigenvalue weighted by molar-refractivity contribution is -0.137. The lowest BCUT2D eigenvalue weighted by atomic mass is 10.0. The van der Waals surface area contributed by atoms with E-state index in [2.05, 4.69) is 10.3 Å². The van der Waals surface area contributed by atoms with Crippen LogP contribution in [0.2, 0.25) is 0 Å². The monoisotopic (exact) mass is 288 g/mol. The van der Waals surface area contributed by atoms with Crippen molar-refractivity contribution >= 4 is 11.9 Å². The Labute approximate surface area is 120 Å². The molecule has 1 amide bonds. The number of pyridine rings is 1. The average Bonchev–Trinajstić information content (AvgIpc) is 2.47. The van der Waals surface area contributed by atoms with Gasteiger partial charge in [-0.05, 0) is 11.6 Å². The number of carbonyl (C=O) groups is 2. The van der Waals surface area contributed by atoms with Crippen LogP contribution in [0.15, 0.2) is 48.8 Å². The molecule has 2 N–H and O–H groups in total. The predicted molar refractivity (Wildman–Crippen MR) is 73.1 cm³/mol. The Morgan fingerprint density at radius 1 is 1.24 bits per heavy atom. The third-order valence-electron chi connectivity index (χ3n) is 2.90. The van der Waals surface area contributed by atoms with E-state index < -0.39 is 23.7 Å². The number of hydrogen-bond acceptors (Lipinski definition) is 3. The standard InChI is InChI=1S/C15H13FN2O3/c16-12-9-17-7-6-11(12)15(21)18-13(8-14(19)20)10-4-2-1-3-5-10/h1-7,9,13H,8H2,(H,18,21)(H,19,20). The molecular formula is C15H13FN2O3. The Morgan fingerprint density at radius 2 is 1.95 bits per heavy atom. The minimum absolute atomic E-state index is 0.170. The highest BCUT2D eigenvalue weighted by molar-refractivity contribution is 5.94. The summed E-state index contributed by atoms with van der Waals surface area (Å²) in [5.41, 5.74) is 0.471. The van der Waals surface area contributed by atoms with Crippen molar-refractivity contribution in [1.82, 2.24) is 10.3 Å². The lowest BCUT2D eigenvalue weighted by Crippen LogP contribution is -2.30. The third-order valence-corrected chi connectivity index (χ3v) is 2.90. The van der Waals surface area contributed by atoms with Crippen molar-refractivity contribution in [2.75, 3.05) is 0 Å². The molecule has 5 nitrogen and oxygen atoms in total. The van der Waals surface area contributed by atoms with Gasteiger partial charge in [0.25, 0.3) is 5.91 Å². The Balaban J connectivity index is 2.21. The Morgan fingerprint density at radius 3 is 2.57 bits per heavy atom. The van der Waals surface area contributed by atoms with Gasteiger partial charge in [0.15, 0.2) is 5.82 Å². The molecule has 6 heteroatoms. The van der Waals surface area contributed by atoms with E-state index in [1.54, 1.807) is 30.3 Å². The molecule has 0 aliphatic carbocycles. The van der Waals surface area contributed by atoms with Crippen LogP contribution in [0.4, 0.5) is 4.39 Å². The highest BCUT2D eigenvalue weighted by atomic mass is 19.1. The maximum Gasteiger partial charge on any atom is 0.305 e. The van der Waals surface area contributed by atoms with Crippen LogP contribution >= 0.6 is 0 Å². The number of benzene rings is 1. The van der Waals surface area contributed by atoms with E-state index in [1.165, 1.54) is 12.3 Å². The Hall–Kier alpha value is -2.76.